The minimum atomic E-state index is -2.46. The van der Waals surface area contributed by atoms with E-state index in [0.717, 1.165) is 21.7 Å². The topological polar surface area (TPSA) is 40.6 Å². The van der Waals surface area contributed by atoms with E-state index in [0.29, 0.717) is 5.92 Å². The summed E-state index contributed by atoms with van der Waals surface area (Å²) in [5.41, 5.74) is 1.08. The van der Waals surface area contributed by atoms with Crippen LogP contribution in [-0.2, 0) is 13.3 Å². The Morgan fingerprint density at radius 3 is 2.48 bits per heavy atom. The zero-order valence-corrected chi connectivity index (χ0v) is 20.3. The SMILES string of the molecule is CO[Si](CC(C)CSSSSSc1nc2ccccc2s1)(OC)OC. The molecule has 0 aliphatic heterocycles. The third-order valence-corrected chi connectivity index (χ3v) is 16.5. The molecular formula is C14H21NO3S6Si. The van der Waals surface area contributed by atoms with Gasteiger partial charge < -0.3 is 13.3 Å². The van der Waals surface area contributed by atoms with E-state index in [9.17, 15) is 0 Å². The second-order valence-electron chi connectivity index (χ2n) is 5.12. The number of rotatable bonds is 12. The van der Waals surface area contributed by atoms with Gasteiger partial charge in [0.2, 0.25) is 0 Å². The van der Waals surface area contributed by atoms with E-state index in [1.165, 1.54) is 4.70 Å². The van der Waals surface area contributed by atoms with Crippen LogP contribution >= 0.6 is 62.4 Å². The van der Waals surface area contributed by atoms with Gasteiger partial charge in [0, 0.05) is 33.1 Å². The van der Waals surface area contributed by atoms with Crippen LogP contribution in [0.4, 0.5) is 0 Å². The van der Waals surface area contributed by atoms with E-state index in [1.54, 1.807) is 72.9 Å². The molecule has 0 aliphatic carbocycles. The third kappa shape index (κ3) is 7.13. The zero-order valence-electron chi connectivity index (χ0n) is 14.4. The van der Waals surface area contributed by atoms with E-state index in [2.05, 4.69) is 30.1 Å². The Hall–Kier alpha value is 0.957. The predicted molar refractivity (Wildman–Crippen MR) is 121 cm³/mol. The molecule has 4 nitrogen and oxygen atoms in total. The molecule has 1 aromatic heterocycles. The van der Waals surface area contributed by atoms with Gasteiger partial charge in [-0.15, -0.1) is 11.3 Å². The zero-order chi connectivity index (χ0) is 18.1. The van der Waals surface area contributed by atoms with Crippen molar-refractivity contribution in [3.05, 3.63) is 24.3 Å². The number of hydrogen-bond donors (Lipinski definition) is 0. The molecule has 0 saturated carbocycles. The van der Waals surface area contributed by atoms with Crippen LogP contribution in [0.5, 0.6) is 0 Å². The number of aromatic nitrogens is 1. The Morgan fingerprint density at radius 1 is 1.08 bits per heavy atom. The Bertz CT molecular complexity index is 601. The molecule has 0 fully saturated rings. The summed E-state index contributed by atoms with van der Waals surface area (Å²) in [7, 11) is 11.5. The number of nitrogens with zero attached hydrogens (tertiary/aromatic N) is 1. The molecule has 0 N–H and O–H groups in total. The summed E-state index contributed by atoms with van der Waals surface area (Å²) in [5, 5.41) is 0. The quantitative estimate of drug-likeness (QED) is 0.196. The summed E-state index contributed by atoms with van der Waals surface area (Å²) in [6.07, 6.45) is 0. The van der Waals surface area contributed by atoms with Crippen LogP contribution in [-0.4, -0.2) is 40.9 Å². The van der Waals surface area contributed by atoms with Crippen LogP contribution in [0.25, 0.3) is 10.2 Å². The van der Waals surface area contributed by atoms with Gasteiger partial charge in [-0.1, -0.05) is 29.9 Å². The van der Waals surface area contributed by atoms with Crippen LogP contribution in [0.1, 0.15) is 6.92 Å². The minimum absolute atomic E-state index is 0.478. The highest BCUT2D eigenvalue weighted by Gasteiger charge is 2.39. The Balaban J connectivity index is 1.61. The van der Waals surface area contributed by atoms with E-state index in [1.807, 2.05) is 16.9 Å². The fraction of sp³-hybridized carbons (Fsp3) is 0.500. The standard InChI is InChI=1S/C14H21NO3S6Si/c1-11(10-25(16-2,17-3)18-4)9-19-22-24-23-21-14-15-12-7-5-6-8-13(12)20-14/h5-8,11H,9-10H2,1-4H3. The maximum absolute atomic E-state index is 5.49. The molecule has 11 heteroatoms. The molecule has 140 valence electrons. The summed E-state index contributed by atoms with van der Waals surface area (Å²) in [5.74, 6) is 1.51. The van der Waals surface area contributed by atoms with Crippen molar-refractivity contribution in [2.75, 3.05) is 27.1 Å². The van der Waals surface area contributed by atoms with Gasteiger partial charge in [0.1, 0.15) is 0 Å². The molecule has 2 rings (SSSR count). The first-order chi connectivity index (χ1) is 12.1. The molecule has 1 heterocycles. The fourth-order valence-corrected chi connectivity index (χ4v) is 14.7. The largest absolute Gasteiger partial charge is 0.500 e. The average molecular weight is 472 g/mol. The molecule has 1 atom stereocenters. The van der Waals surface area contributed by atoms with Gasteiger partial charge in [-0.05, 0) is 58.3 Å². The van der Waals surface area contributed by atoms with Crippen LogP contribution in [0.3, 0.4) is 0 Å². The van der Waals surface area contributed by atoms with E-state index in [-0.39, 0.29) is 0 Å². The first-order valence-corrected chi connectivity index (χ1v) is 16.5. The fourth-order valence-electron chi connectivity index (χ4n) is 2.09. The molecule has 0 saturated heterocycles. The minimum Gasteiger partial charge on any atom is -0.377 e. The maximum Gasteiger partial charge on any atom is 0.500 e. The van der Waals surface area contributed by atoms with Crippen molar-refractivity contribution in [1.29, 1.82) is 0 Å². The van der Waals surface area contributed by atoms with Gasteiger partial charge in [0.05, 0.1) is 10.2 Å². The molecule has 25 heavy (non-hydrogen) atoms. The molecule has 1 aromatic carbocycles. The molecule has 0 amide bonds. The van der Waals surface area contributed by atoms with Gasteiger partial charge in [-0.3, -0.25) is 0 Å². The lowest BCUT2D eigenvalue weighted by Gasteiger charge is -2.26. The van der Waals surface area contributed by atoms with Crippen LogP contribution in [0, 0.1) is 5.92 Å². The maximum atomic E-state index is 5.49. The van der Waals surface area contributed by atoms with Crippen LogP contribution in [0.2, 0.25) is 6.04 Å². The first-order valence-electron chi connectivity index (χ1n) is 7.43. The summed E-state index contributed by atoms with van der Waals surface area (Å²) in [6, 6.07) is 9.09. The molecule has 0 bridgehead atoms. The molecule has 0 radical (unpaired) electrons. The molecule has 1 unspecified atom stereocenters. The highest BCUT2D eigenvalue weighted by atomic mass is 33.8. The number of hydrogen-bond acceptors (Lipinski definition) is 10. The lowest BCUT2D eigenvalue weighted by Crippen LogP contribution is -2.44. The van der Waals surface area contributed by atoms with Crippen molar-refractivity contribution in [2.45, 2.75) is 17.3 Å². The average Bonchev–Trinajstić information content (AvgIpc) is 3.05. The second-order valence-corrected chi connectivity index (χ2v) is 17.0. The molecular weight excluding hydrogens is 451 g/mol. The van der Waals surface area contributed by atoms with Gasteiger partial charge in [0.15, 0.2) is 4.34 Å². The molecule has 0 spiro atoms. The monoisotopic (exact) mass is 471 g/mol. The number of para-hydroxylation sites is 1. The number of benzene rings is 1. The highest BCUT2D eigenvalue weighted by Crippen LogP contribution is 2.52. The van der Waals surface area contributed by atoms with Crippen LogP contribution < -0.4 is 0 Å². The lowest BCUT2D eigenvalue weighted by molar-refractivity contribution is 0.120. The number of fused-ring (bicyclic) bond motifs is 1. The molecule has 2 aromatic rings. The van der Waals surface area contributed by atoms with E-state index in [4.69, 9.17) is 13.3 Å². The van der Waals surface area contributed by atoms with Gasteiger partial charge in [-0.25, -0.2) is 4.98 Å². The normalized spacial score (nSPS) is 13.4. The van der Waals surface area contributed by atoms with Gasteiger partial charge in [0.25, 0.3) is 0 Å². The van der Waals surface area contributed by atoms with Crippen molar-refractivity contribution in [3.63, 3.8) is 0 Å². The van der Waals surface area contributed by atoms with E-state index >= 15 is 0 Å². The summed E-state index contributed by atoms with van der Waals surface area (Å²) >= 11 is 1.74. The van der Waals surface area contributed by atoms with Gasteiger partial charge >= 0.3 is 8.80 Å². The number of thiazole rings is 1. The van der Waals surface area contributed by atoms with Crippen molar-refractivity contribution in [1.82, 2.24) is 4.98 Å². The smallest absolute Gasteiger partial charge is 0.377 e. The van der Waals surface area contributed by atoms with E-state index < -0.39 is 8.80 Å². The van der Waals surface area contributed by atoms with Crippen molar-refractivity contribution >= 4 is 81.4 Å². The third-order valence-electron chi connectivity index (χ3n) is 3.37. The Labute approximate surface area is 173 Å². The summed E-state index contributed by atoms with van der Waals surface area (Å²) in [6.45, 7) is 2.21. The van der Waals surface area contributed by atoms with Crippen molar-refractivity contribution in [3.8, 4) is 0 Å². The predicted octanol–water partition coefficient (Wildman–Crippen LogP) is 6.50. The Kier molecular flexibility index (Phi) is 10.4. The van der Waals surface area contributed by atoms with Crippen molar-refractivity contribution < 1.29 is 13.3 Å². The second kappa shape index (κ2) is 11.7. The lowest BCUT2D eigenvalue weighted by atomic mass is 10.3. The van der Waals surface area contributed by atoms with Crippen LogP contribution in [0.15, 0.2) is 28.6 Å². The summed E-state index contributed by atoms with van der Waals surface area (Å²) < 4.78 is 18.8. The van der Waals surface area contributed by atoms with Crippen molar-refractivity contribution in [2.24, 2.45) is 5.92 Å². The first kappa shape index (κ1) is 22.2. The molecule has 0 aliphatic rings. The highest BCUT2D eigenvalue weighted by molar-refractivity contribution is 9.35. The van der Waals surface area contributed by atoms with Gasteiger partial charge in [-0.2, -0.15) is 0 Å². The summed E-state index contributed by atoms with van der Waals surface area (Å²) in [4.78, 5) is 4.62. The Morgan fingerprint density at radius 2 is 1.80 bits per heavy atom.